The minimum atomic E-state index is -3.16. The Morgan fingerprint density at radius 3 is 2.40 bits per heavy atom. The van der Waals surface area contributed by atoms with Crippen molar-refractivity contribution in [2.45, 2.75) is 13.1 Å². The molecule has 0 aliphatic carbocycles. The van der Waals surface area contributed by atoms with Gasteiger partial charge >= 0.3 is 6.03 Å². The highest BCUT2D eigenvalue weighted by atomic mass is 32.2. The number of rotatable bonds is 9. The van der Waals surface area contributed by atoms with Crippen LogP contribution in [0.1, 0.15) is 10.4 Å². The zero-order valence-corrected chi connectivity index (χ0v) is 26.6. The number of morpholine rings is 1. The van der Waals surface area contributed by atoms with E-state index in [4.69, 9.17) is 19.7 Å². The summed E-state index contributed by atoms with van der Waals surface area (Å²) in [6, 6.07) is 15.0. The molecular weight excluding hydrogens is 615 g/mol. The summed E-state index contributed by atoms with van der Waals surface area (Å²) in [5.74, 6) is 1.74. The van der Waals surface area contributed by atoms with Crippen molar-refractivity contribution in [3.05, 3.63) is 71.4 Å². The van der Waals surface area contributed by atoms with Gasteiger partial charge in [-0.05, 0) is 48.0 Å². The van der Waals surface area contributed by atoms with Crippen molar-refractivity contribution in [1.29, 1.82) is 0 Å². The molecule has 5 heterocycles. The Hall–Kier alpha value is -4.02. The number of nitrogens with one attached hydrogen (secondary N) is 2. The summed E-state index contributed by atoms with van der Waals surface area (Å²) in [6.45, 7) is 6.08. The number of hydrogen-bond donors (Lipinski definition) is 2. The normalized spacial score (nSPS) is 16.4. The smallest absolute Gasteiger partial charge is 0.319 e. The predicted molar refractivity (Wildman–Crippen MR) is 173 cm³/mol. The zero-order valence-electron chi connectivity index (χ0n) is 24.9. The fourth-order valence-electron chi connectivity index (χ4n) is 5.09. The fraction of sp³-hybridized carbons (Fsp3) is 0.367. The molecule has 3 aromatic heterocycles. The van der Waals surface area contributed by atoms with Crippen LogP contribution < -0.4 is 15.5 Å². The quantitative estimate of drug-likeness (QED) is 0.278. The van der Waals surface area contributed by atoms with Gasteiger partial charge in [-0.3, -0.25) is 9.88 Å². The molecule has 2 aliphatic rings. The van der Waals surface area contributed by atoms with E-state index in [1.165, 1.54) is 10.6 Å². The lowest BCUT2D eigenvalue weighted by Gasteiger charge is -2.32. The number of aromatic nitrogens is 4. The van der Waals surface area contributed by atoms with Crippen LogP contribution in [0.25, 0.3) is 22.1 Å². The molecule has 2 saturated heterocycles. The first-order chi connectivity index (χ1) is 21.8. The summed E-state index contributed by atoms with van der Waals surface area (Å²) in [5, 5.41) is 5.69. The van der Waals surface area contributed by atoms with Gasteiger partial charge in [-0.2, -0.15) is 14.3 Å². The number of carbonyl (C=O) groups excluding carboxylic acids is 1. The fourth-order valence-corrected chi connectivity index (χ4v) is 6.91. The molecular formula is C30H35N9O4S2. The van der Waals surface area contributed by atoms with Crippen LogP contribution in [0.3, 0.4) is 0 Å². The minimum absolute atomic E-state index is 0.311. The number of carbonyl (C=O) groups is 1. The van der Waals surface area contributed by atoms with Gasteiger partial charge in [-0.15, -0.1) is 11.3 Å². The van der Waals surface area contributed by atoms with Crippen molar-refractivity contribution in [1.82, 2.24) is 34.5 Å². The van der Waals surface area contributed by atoms with Gasteiger partial charge in [0.05, 0.1) is 24.3 Å². The van der Waals surface area contributed by atoms with Crippen molar-refractivity contribution >= 4 is 39.0 Å². The molecule has 13 nitrogen and oxygen atoms in total. The number of thiophene rings is 1. The van der Waals surface area contributed by atoms with Gasteiger partial charge in [0.2, 0.25) is 16.0 Å². The first-order valence-corrected chi connectivity index (χ1v) is 17.4. The number of hydrogen-bond acceptors (Lipinski definition) is 11. The second kappa shape index (κ2) is 14.0. The van der Waals surface area contributed by atoms with Crippen LogP contribution in [0.4, 0.5) is 16.4 Å². The Bertz CT molecular complexity index is 1700. The monoisotopic (exact) mass is 649 g/mol. The Morgan fingerprint density at radius 2 is 1.69 bits per heavy atom. The Labute approximate surface area is 266 Å². The Morgan fingerprint density at radius 1 is 0.933 bits per heavy atom. The first kappa shape index (κ1) is 31.0. The van der Waals surface area contributed by atoms with Crippen LogP contribution in [0.2, 0.25) is 0 Å². The molecule has 0 bridgehead atoms. The van der Waals surface area contributed by atoms with Gasteiger partial charge in [0.1, 0.15) is 0 Å². The van der Waals surface area contributed by atoms with E-state index in [1.807, 2.05) is 42.5 Å². The number of sulfonamides is 1. The van der Waals surface area contributed by atoms with Gasteiger partial charge in [0, 0.05) is 80.9 Å². The van der Waals surface area contributed by atoms with Crippen molar-refractivity contribution in [3.63, 3.8) is 0 Å². The van der Waals surface area contributed by atoms with Crippen molar-refractivity contribution in [2.75, 3.05) is 69.0 Å². The molecule has 0 saturated carbocycles. The van der Waals surface area contributed by atoms with Crippen LogP contribution in [-0.2, 0) is 27.8 Å². The molecule has 236 valence electrons. The SMILES string of the molecule is CS(=O)(=O)N1CCN(Cc2ccc(-c3nc(-c4ccc(NC(=O)NCc5cccnc5)cc4)nc(N4CCOCC4)n3)s2)CC1. The zero-order chi connectivity index (χ0) is 31.2. The lowest BCUT2D eigenvalue weighted by molar-refractivity contribution is 0.122. The maximum atomic E-state index is 12.4. The molecule has 2 N–H and O–H groups in total. The van der Waals surface area contributed by atoms with Gasteiger partial charge in [0.25, 0.3) is 0 Å². The van der Waals surface area contributed by atoms with Crippen LogP contribution >= 0.6 is 11.3 Å². The van der Waals surface area contributed by atoms with Crippen molar-refractivity contribution < 1.29 is 17.9 Å². The Kier molecular flexibility index (Phi) is 9.61. The molecule has 0 unspecified atom stereocenters. The second-order valence-electron chi connectivity index (χ2n) is 10.8. The van der Waals surface area contributed by atoms with Crippen LogP contribution in [0.15, 0.2) is 60.9 Å². The summed E-state index contributed by atoms with van der Waals surface area (Å²) in [6.07, 6.45) is 4.67. The van der Waals surface area contributed by atoms with Crippen LogP contribution in [-0.4, -0.2) is 102 Å². The van der Waals surface area contributed by atoms with Gasteiger partial charge in [0.15, 0.2) is 11.6 Å². The number of nitrogens with zero attached hydrogens (tertiary/aromatic N) is 7. The number of amides is 2. The number of piperazine rings is 1. The van der Waals surface area contributed by atoms with Crippen molar-refractivity contribution in [3.8, 4) is 22.1 Å². The van der Waals surface area contributed by atoms with E-state index in [-0.39, 0.29) is 6.03 Å². The molecule has 2 fully saturated rings. The summed E-state index contributed by atoms with van der Waals surface area (Å²) in [5.41, 5.74) is 2.36. The van der Waals surface area contributed by atoms with E-state index in [0.29, 0.717) is 82.3 Å². The van der Waals surface area contributed by atoms with Gasteiger partial charge < -0.3 is 20.3 Å². The Balaban J connectivity index is 1.17. The molecule has 1 aromatic carbocycles. The summed E-state index contributed by atoms with van der Waals surface area (Å²) in [4.78, 5) is 37.5. The van der Waals surface area contributed by atoms with Crippen LogP contribution in [0, 0.1) is 0 Å². The number of benzene rings is 1. The highest BCUT2D eigenvalue weighted by Crippen LogP contribution is 2.30. The standard InChI is InChI=1S/C30H35N9O4S2/c1-45(41,42)39-13-11-37(12-14-39)21-25-8-9-26(44-25)28-34-27(35-29(36-28)38-15-17-43-18-16-38)23-4-6-24(7-5-23)33-30(40)32-20-22-3-2-10-31-19-22/h2-10,19H,11-18,20-21H2,1H3,(H2,32,33,40). The molecule has 6 rings (SSSR count). The van der Waals surface area contributed by atoms with Gasteiger partial charge in [-0.1, -0.05) is 6.07 Å². The highest BCUT2D eigenvalue weighted by Gasteiger charge is 2.24. The first-order valence-electron chi connectivity index (χ1n) is 14.7. The molecule has 15 heteroatoms. The minimum Gasteiger partial charge on any atom is -0.378 e. The predicted octanol–water partition coefficient (Wildman–Crippen LogP) is 2.90. The molecule has 45 heavy (non-hydrogen) atoms. The molecule has 0 spiro atoms. The number of urea groups is 1. The van der Waals surface area contributed by atoms with E-state index in [0.717, 1.165) is 27.4 Å². The summed E-state index contributed by atoms with van der Waals surface area (Å²) in [7, 11) is -3.16. The molecule has 0 radical (unpaired) electrons. The second-order valence-corrected chi connectivity index (χ2v) is 14.0. The third-order valence-corrected chi connectivity index (χ3v) is 9.93. The lowest BCUT2D eigenvalue weighted by Crippen LogP contribution is -2.47. The summed E-state index contributed by atoms with van der Waals surface area (Å²) < 4.78 is 30.8. The average Bonchev–Trinajstić information content (AvgIpc) is 3.53. The number of anilines is 2. The molecule has 4 aromatic rings. The van der Waals surface area contributed by atoms with E-state index in [2.05, 4.69) is 31.5 Å². The van der Waals surface area contributed by atoms with Gasteiger partial charge in [-0.25, -0.2) is 18.2 Å². The molecule has 2 amide bonds. The average molecular weight is 650 g/mol. The highest BCUT2D eigenvalue weighted by molar-refractivity contribution is 7.88. The van der Waals surface area contributed by atoms with Crippen molar-refractivity contribution in [2.24, 2.45) is 0 Å². The number of ether oxygens (including phenoxy) is 1. The lowest BCUT2D eigenvalue weighted by atomic mass is 10.2. The third-order valence-electron chi connectivity index (χ3n) is 7.56. The van der Waals surface area contributed by atoms with E-state index in [9.17, 15) is 13.2 Å². The summed E-state index contributed by atoms with van der Waals surface area (Å²) >= 11 is 1.63. The third kappa shape index (κ3) is 8.18. The molecule has 2 aliphatic heterocycles. The van der Waals surface area contributed by atoms with Crippen LogP contribution in [0.5, 0.6) is 0 Å². The van der Waals surface area contributed by atoms with E-state index < -0.39 is 10.0 Å². The largest absolute Gasteiger partial charge is 0.378 e. The number of pyridine rings is 1. The maximum absolute atomic E-state index is 12.4. The maximum Gasteiger partial charge on any atom is 0.319 e. The topological polar surface area (TPSA) is 146 Å². The van der Waals surface area contributed by atoms with E-state index >= 15 is 0 Å². The van der Waals surface area contributed by atoms with E-state index in [1.54, 1.807) is 23.7 Å². The molecule has 0 atom stereocenters.